The third-order valence-electron chi connectivity index (χ3n) is 1.75. The van der Waals surface area contributed by atoms with Crippen molar-refractivity contribution in [3.63, 3.8) is 0 Å². The van der Waals surface area contributed by atoms with E-state index in [4.69, 9.17) is 5.41 Å². The molecule has 1 N–H and O–H groups in total. The lowest BCUT2D eigenvalue weighted by atomic mass is 10.1. The lowest BCUT2D eigenvalue weighted by Gasteiger charge is -2.08. The highest BCUT2D eigenvalue weighted by molar-refractivity contribution is 5.79. The van der Waals surface area contributed by atoms with Gasteiger partial charge in [-0.2, -0.15) is 13.2 Å². The second-order valence-corrected chi connectivity index (χ2v) is 2.71. The van der Waals surface area contributed by atoms with Gasteiger partial charge in [0.25, 0.3) is 0 Å². The van der Waals surface area contributed by atoms with E-state index in [1.54, 1.807) is 6.92 Å². The van der Waals surface area contributed by atoms with Gasteiger partial charge in [0, 0.05) is 6.21 Å². The van der Waals surface area contributed by atoms with Crippen LogP contribution >= 0.6 is 0 Å². The molecule has 0 saturated carbocycles. The molecule has 1 aromatic rings. The summed E-state index contributed by atoms with van der Waals surface area (Å²) >= 11 is 0. The molecule has 0 amide bonds. The van der Waals surface area contributed by atoms with Crippen LogP contribution in [0.1, 0.15) is 16.7 Å². The van der Waals surface area contributed by atoms with Crippen LogP contribution in [0.3, 0.4) is 0 Å². The fourth-order valence-electron chi connectivity index (χ4n) is 1.01. The minimum absolute atomic E-state index is 0.463. The Morgan fingerprint density at radius 1 is 1.31 bits per heavy atom. The van der Waals surface area contributed by atoms with Crippen LogP contribution in [0.4, 0.5) is 13.2 Å². The Balaban J connectivity index is 3.17. The molecular formula is C9H8F3N. The Hall–Kier alpha value is -1.32. The maximum Gasteiger partial charge on any atom is 0.416 e. The first-order chi connectivity index (χ1) is 5.95. The van der Waals surface area contributed by atoms with Crippen molar-refractivity contribution in [1.82, 2.24) is 0 Å². The van der Waals surface area contributed by atoms with Gasteiger partial charge in [-0.05, 0) is 30.2 Å². The quantitative estimate of drug-likeness (QED) is 0.653. The molecule has 0 saturated heterocycles. The first kappa shape index (κ1) is 9.77. The molecule has 0 heterocycles. The van der Waals surface area contributed by atoms with Crippen LogP contribution in [0, 0.1) is 12.3 Å². The summed E-state index contributed by atoms with van der Waals surface area (Å²) in [5.41, 5.74) is 0.299. The van der Waals surface area contributed by atoms with E-state index in [9.17, 15) is 13.2 Å². The number of halogens is 3. The van der Waals surface area contributed by atoms with Gasteiger partial charge in [0.05, 0.1) is 5.56 Å². The van der Waals surface area contributed by atoms with E-state index in [0.717, 1.165) is 18.3 Å². The average Bonchev–Trinajstić information content (AvgIpc) is 2.02. The third-order valence-corrected chi connectivity index (χ3v) is 1.75. The molecule has 4 heteroatoms. The summed E-state index contributed by atoms with van der Waals surface area (Å²) in [6, 6.07) is 3.32. The third kappa shape index (κ3) is 2.08. The molecule has 1 aromatic carbocycles. The second-order valence-electron chi connectivity index (χ2n) is 2.71. The van der Waals surface area contributed by atoms with Gasteiger partial charge >= 0.3 is 6.18 Å². The predicted molar refractivity (Wildman–Crippen MR) is 44.1 cm³/mol. The van der Waals surface area contributed by atoms with Crippen molar-refractivity contribution < 1.29 is 13.2 Å². The number of alkyl halides is 3. The van der Waals surface area contributed by atoms with E-state index in [1.165, 1.54) is 6.07 Å². The summed E-state index contributed by atoms with van der Waals surface area (Å²) < 4.78 is 36.4. The zero-order valence-electron chi connectivity index (χ0n) is 6.94. The van der Waals surface area contributed by atoms with Crippen molar-refractivity contribution in [3.05, 3.63) is 34.9 Å². The molecule has 1 rings (SSSR count). The summed E-state index contributed by atoms with van der Waals surface area (Å²) in [6.07, 6.45) is -3.26. The van der Waals surface area contributed by atoms with Crippen molar-refractivity contribution in [2.24, 2.45) is 0 Å². The maximum absolute atomic E-state index is 12.1. The van der Waals surface area contributed by atoms with E-state index < -0.39 is 11.7 Å². The zero-order chi connectivity index (χ0) is 10.1. The fourth-order valence-corrected chi connectivity index (χ4v) is 1.01. The standard InChI is InChI=1S/C9H8F3N/c1-6-4-8(9(10,11)12)3-2-7(6)5-13/h2-5,13H,1H3. The lowest BCUT2D eigenvalue weighted by molar-refractivity contribution is -0.137. The summed E-state index contributed by atoms with van der Waals surface area (Å²) in [5, 5.41) is 6.90. The molecule has 0 fully saturated rings. The van der Waals surface area contributed by atoms with E-state index >= 15 is 0 Å². The van der Waals surface area contributed by atoms with Crippen molar-refractivity contribution in [3.8, 4) is 0 Å². The maximum atomic E-state index is 12.1. The molecule has 70 valence electrons. The molecule has 0 bridgehead atoms. The molecular weight excluding hydrogens is 179 g/mol. The molecule has 0 atom stereocenters. The monoisotopic (exact) mass is 187 g/mol. The Morgan fingerprint density at radius 2 is 1.92 bits per heavy atom. The van der Waals surface area contributed by atoms with Crippen LogP contribution in [0.25, 0.3) is 0 Å². The molecule has 0 aliphatic rings. The molecule has 1 nitrogen and oxygen atoms in total. The highest BCUT2D eigenvalue weighted by atomic mass is 19.4. The van der Waals surface area contributed by atoms with E-state index in [2.05, 4.69) is 0 Å². The molecule has 0 aliphatic heterocycles. The van der Waals surface area contributed by atoms with Gasteiger partial charge in [0.1, 0.15) is 0 Å². The molecule has 0 aliphatic carbocycles. The van der Waals surface area contributed by atoms with E-state index in [1.807, 2.05) is 0 Å². The highest BCUT2D eigenvalue weighted by Crippen LogP contribution is 2.29. The van der Waals surface area contributed by atoms with Crippen LogP contribution in [-0.2, 0) is 6.18 Å². The largest absolute Gasteiger partial charge is 0.416 e. The number of benzene rings is 1. The van der Waals surface area contributed by atoms with Gasteiger partial charge in [0.2, 0.25) is 0 Å². The van der Waals surface area contributed by atoms with Gasteiger partial charge in [-0.3, -0.25) is 0 Å². The molecule has 0 aromatic heterocycles. The summed E-state index contributed by atoms with van der Waals surface area (Å²) in [5.74, 6) is 0. The van der Waals surface area contributed by atoms with Crippen molar-refractivity contribution in [2.75, 3.05) is 0 Å². The number of aryl methyl sites for hydroxylation is 1. The first-order valence-electron chi connectivity index (χ1n) is 3.63. The summed E-state index contributed by atoms with van der Waals surface area (Å²) in [4.78, 5) is 0. The second kappa shape index (κ2) is 3.20. The average molecular weight is 187 g/mol. The van der Waals surface area contributed by atoms with Gasteiger partial charge in [-0.1, -0.05) is 6.07 Å². The number of nitrogens with one attached hydrogen (secondary N) is 1. The molecule has 0 unspecified atom stereocenters. The van der Waals surface area contributed by atoms with Gasteiger partial charge < -0.3 is 5.41 Å². The SMILES string of the molecule is Cc1cc(C(F)(F)F)ccc1C=N. The fraction of sp³-hybridized carbons (Fsp3) is 0.222. The minimum atomic E-state index is -4.30. The first-order valence-corrected chi connectivity index (χ1v) is 3.63. The summed E-state index contributed by atoms with van der Waals surface area (Å²) in [7, 11) is 0. The van der Waals surface area contributed by atoms with Gasteiger partial charge in [-0.25, -0.2) is 0 Å². The van der Waals surface area contributed by atoms with Crippen LogP contribution < -0.4 is 0 Å². The zero-order valence-corrected chi connectivity index (χ0v) is 6.94. The van der Waals surface area contributed by atoms with E-state index in [-0.39, 0.29) is 0 Å². The smallest absolute Gasteiger partial charge is 0.308 e. The van der Waals surface area contributed by atoms with Crippen molar-refractivity contribution in [2.45, 2.75) is 13.1 Å². The lowest BCUT2D eigenvalue weighted by Crippen LogP contribution is -2.05. The number of rotatable bonds is 1. The van der Waals surface area contributed by atoms with Gasteiger partial charge in [0.15, 0.2) is 0 Å². The summed E-state index contributed by atoms with van der Waals surface area (Å²) in [6.45, 7) is 1.55. The predicted octanol–water partition coefficient (Wildman–Crippen LogP) is 3.01. The molecule has 0 spiro atoms. The highest BCUT2D eigenvalue weighted by Gasteiger charge is 2.30. The van der Waals surface area contributed by atoms with Crippen LogP contribution in [-0.4, -0.2) is 6.21 Å². The van der Waals surface area contributed by atoms with Crippen molar-refractivity contribution >= 4 is 6.21 Å². The van der Waals surface area contributed by atoms with Crippen molar-refractivity contribution in [1.29, 1.82) is 5.41 Å². The Labute approximate surface area is 73.7 Å². The molecule has 13 heavy (non-hydrogen) atoms. The Morgan fingerprint density at radius 3 is 2.31 bits per heavy atom. The Kier molecular flexibility index (Phi) is 2.40. The normalized spacial score (nSPS) is 11.4. The Bertz CT molecular complexity index is 328. The van der Waals surface area contributed by atoms with Crippen LogP contribution in [0.5, 0.6) is 0 Å². The number of hydrogen-bond acceptors (Lipinski definition) is 1. The molecule has 0 radical (unpaired) electrons. The van der Waals surface area contributed by atoms with Crippen LogP contribution in [0.2, 0.25) is 0 Å². The minimum Gasteiger partial charge on any atom is -0.308 e. The topological polar surface area (TPSA) is 23.9 Å². The van der Waals surface area contributed by atoms with Crippen LogP contribution in [0.15, 0.2) is 18.2 Å². The van der Waals surface area contributed by atoms with E-state index in [0.29, 0.717) is 11.1 Å². The van der Waals surface area contributed by atoms with Gasteiger partial charge in [-0.15, -0.1) is 0 Å². The number of hydrogen-bond donors (Lipinski definition) is 1.